The molecule has 0 atom stereocenters. The van der Waals surface area contributed by atoms with E-state index in [0.29, 0.717) is 6.07 Å². The number of halogens is 2. The second kappa shape index (κ2) is 5.96. The summed E-state index contributed by atoms with van der Waals surface area (Å²) in [6.07, 6.45) is 5.68. The minimum Gasteiger partial charge on any atom is -0.208 e. The maximum atomic E-state index is 13.5. The van der Waals surface area contributed by atoms with E-state index >= 15 is 0 Å². The minimum absolute atomic E-state index is 0.156. The van der Waals surface area contributed by atoms with Crippen LogP contribution in [0, 0.1) is 11.6 Å². The van der Waals surface area contributed by atoms with Gasteiger partial charge in [-0.25, -0.2) is 21.9 Å². The van der Waals surface area contributed by atoms with E-state index in [0.717, 1.165) is 50.7 Å². The molecule has 2 rings (SSSR count). The number of rotatable bonds is 3. The molecular formula is C13H17F2NO2S. The summed E-state index contributed by atoms with van der Waals surface area (Å²) in [5, 5.41) is 0. The van der Waals surface area contributed by atoms with Crippen LogP contribution in [0.4, 0.5) is 8.78 Å². The highest BCUT2D eigenvalue weighted by Crippen LogP contribution is 2.21. The summed E-state index contributed by atoms with van der Waals surface area (Å²) in [4.78, 5) is -0.488. The second-order valence-electron chi connectivity index (χ2n) is 4.88. The summed E-state index contributed by atoms with van der Waals surface area (Å²) in [7, 11) is -3.92. The second-order valence-corrected chi connectivity index (χ2v) is 6.57. The number of nitrogens with one attached hydrogen (secondary N) is 1. The van der Waals surface area contributed by atoms with E-state index in [2.05, 4.69) is 4.72 Å². The molecule has 1 saturated carbocycles. The van der Waals surface area contributed by atoms with E-state index in [1.165, 1.54) is 0 Å². The van der Waals surface area contributed by atoms with Crippen molar-refractivity contribution in [3.05, 3.63) is 29.8 Å². The molecule has 0 saturated heterocycles. The van der Waals surface area contributed by atoms with Gasteiger partial charge in [0.25, 0.3) is 0 Å². The summed E-state index contributed by atoms with van der Waals surface area (Å²) in [6, 6.07) is 2.34. The first-order valence-corrected chi connectivity index (χ1v) is 7.95. The van der Waals surface area contributed by atoms with E-state index in [1.807, 2.05) is 0 Å². The van der Waals surface area contributed by atoms with Crippen molar-refractivity contribution in [1.29, 1.82) is 0 Å². The first-order chi connectivity index (χ1) is 8.99. The van der Waals surface area contributed by atoms with Crippen LogP contribution in [-0.2, 0) is 10.0 Å². The van der Waals surface area contributed by atoms with Crippen molar-refractivity contribution >= 4 is 10.0 Å². The molecule has 1 fully saturated rings. The molecule has 1 aromatic rings. The van der Waals surface area contributed by atoms with Gasteiger partial charge in [0.05, 0.1) is 0 Å². The van der Waals surface area contributed by atoms with Crippen molar-refractivity contribution in [2.45, 2.75) is 49.5 Å². The lowest BCUT2D eigenvalue weighted by Crippen LogP contribution is -2.34. The monoisotopic (exact) mass is 289 g/mol. The number of sulfonamides is 1. The molecular weight excluding hydrogens is 272 g/mol. The van der Waals surface area contributed by atoms with Crippen molar-refractivity contribution < 1.29 is 17.2 Å². The van der Waals surface area contributed by atoms with Crippen LogP contribution >= 0.6 is 0 Å². The van der Waals surface area contributed by atoms with Crippen LogP contribution in [0.3, 0.4) is 0 Å². The summed E-state index contributed by atoms with van der Waals surface area (Å²) < 4.78 is 53.0. The third kappa shape index (κ3) is 3.73. The van der Waals surface area contributed by atoms with Gasteiger partial charge in [-0.1, -0.05) is 25.7 Å². The Kier molecular flexibility index (Phi) is 4.52. The predicted molar refractivity (Wildman–Crippen MR) is 68.2 cm³/mol. The van der Waals surface area contributed by atoms with Crippen LogP contribution in [0.25, 0.3) is 0 Å². The lowest BCUT2D eigenvalue weighted by atomic mass is 10.1. The Bertz CT molecular complexity index is 538. The number of hydrogen-bond donors (Lipinski definition) is 1. The van der Waals surface area contributed by atoms with Crippen LogP contribution in [0.15, 0.2) is 23.1 Å². The normalized spacial score (nSPS) is 18.2. The van der Waals surface area contributed by atoms with Gasteiger partial charge >= 0.3 is 0 Å². The van der Waals surface area contributed by atoms with Crippen LogP contribution in [-0.4, -0.2) is 14.5 Å². The average molecular weight is 289 g/mol. The Balaban J connectivity index is 2.17. The van der Waals surface area contributed by atoms with Gasteiger partial charge in [0.2, 0.25) is 10.0 Å². The smallest absolute Gasteiger partial charge is 0.208 e. The molecule has 0 heterocycles. The number of hydrogen-bond acceptors (Lipinski definition) is 2. The van der Waals surface area contributed by atoms with Crippen LogP contribution in [0.5, 0.6) is 0 Å². The van der Waals surface area contributed by atoms with E-state index in [9.17, 15) is 17.2 Å². The minimum atomic E-state index is -3.92. The van der Waals surface area contributed by atoms with Gasteiger partial charge in [0, 0.05) is 12.1 Å². The van der Waals surface area contributed by atoms with Crippen LogP contribution in [0.2, 0.25) is 0 Å². The topological polar surface area (TPSA) is 46.2 Å². The molecule has 106 valence electrons. The third-order valence-electron chi connectivity index (χ3n) is 3.36. The zero-order chi connectivity index (χ0) is 13.9. The molecule has 0 unspecified atom stereocenters. The molecule has 3 nitrogen and oxygen atoms in total. The van der Waals surface area contributed by atoms with E-state index in [4.69, 9.17) is 0 Å². The molecule has 0 bridgehead atoms. The molecule has 1 aliphatic rings. The molecule has 1 N–H and O–H groups in total. The van der Waals surface area contributed by atoms with Gasteiger partial charge in [-0.3, -0.25) is 0 Å². The lowest BCUT2D eigenvalue weighted by molar-refractivity contribution is 0.501. The third-order valence-corrected chi connectivity index (χ3v) is 4.91. The fraction of sp³-hybridized carbons (Fsp3) is 0.538. The summed E-state index contributed by atoms with van der Waals surface area (Å²) in [6.45, 7) is 0. The van der Waals surface area contributed by atoms with Gasteiger partial charge in [-0.2, -0.15) is 0 Å². The molecule has 1 aliphatic carbocycles. The first kappa shape index (κ1) is 14.4. The Hall–Kier alpha value is -1.01. The van der Waals surface area contributed by atoms with Crippen LogP contribution in [0.1, 0.15) is 38.5 Å². The highest BCUT2D eigenvalue weighted by molar-refractivity contribution is 7.89. The Morgan fingerprint density at radius 3 is 2.26 bits per heavy atom. The van der Waals surface area contributed by atoms with Gasteiger partial charge in [0.15, 0.2) is 0 Å². The zero-order valence-electron chi connectivity index (χ0n) is 10.5. The largest absolute Gasteiger partial charge is 0.243 e. The zero-order valence-corrected chi connectivity index (χ0v) is 11.3. The molecule has 0 spiro atoms. The maximum Gasteiger partial charge on any atom is 0.243 e. The van der Waals surface area contributed by atoms with Crippen molar-refractivity contribution in [2.24, 2.45) is 0 Å². The molecule has 19 heavy (non-hydrogen) atoms. The van der Waals surface area contributed by atoms with E-state index < -0.39 is 26.6 Å². The molecule has 1 aromatic carbocycles. The number of benzene rings is 1. The quantitative estimate of drug-likeness (QED) is 0.870. The molecule has 0 amide bonds. The predicted octanol–water partition coefficient (Wildman–Crippen LogP) is 2.97. The summed E-state index contributed by atoms with van der Waals surface area (Å²) >= 11 is 0. The fourth-order valence-electron chi connectivity index (χ4n) is 2.37. The average Bonchev–Trinajstić information content (AvgIpc) is 2.56. The SMILES string of the molecule is O=S(=O)(NC1CCCCCC1)c1ccc(F)cc1F. The van der Waals surface area contributed by atoms with Crippen molar-refractivity contribution in [3.8, 4) is 0 Å². The van der Waals surface area contributed by atoms with Gasteiger partial charge in [-0.15, -0.1) is 0 Å². The fourth-order valence-corrected chi connectivity index (χ4v) is 3.74. The lowest BCUT2D eigenvalue weighted by Gasteiger charge is -2.16. The van der Waals surface area contributed by atoms with Crippen molar-refractivity contribution in [2.75, 3.05) is 0 Å². The maximum absolute atomic E-state index is 13.5. The Morgan fingerprint density at radius 1 is 1.05 bits per heavy atom. The Morgan fingerprint density at radius 2 is 1.68 bits per heavy atom. The first-order valence-electron chi connectivity index (χ1n) is 6.46. The van der Waals surface area contributed by atoms with E-state index in [-0.39, 0.29) is 6.04 Å². The van der Waals surface area contributed by atoms with Crippen molar-refractivity contribution in [1.82, 2.24) is 4.72 Å². The highest BCUT2D eigenvalue weighted by Gasteiger charge is 2.24. The molecule has 6 heteroatoms. The molecule has 0 radical (unpaired) electrons. The van der Waals surface area contributed by atoms with Crippen LogP contribution < -0.4 is 4.72 Å². The van der Waals surface area contributed by atoms with E-state index in [1.54, 1.807) is 0 Å². The standard InChI is InChI=1S/C13H17F2NO2S/c14-10-7-8-13(12(15)9-10)19(17,18)16-11-5-3-1-2-4-6-11/h7-9,11,16H,1-6H2. The summed E-state index contributed by atoms with van der Waals surface area (Å²) in [5.74, 6) is -1.84. The van der Waals surface area contributed by atoms with Gasteiger partial charge in [0.1, 0.15) is 16.5 Å². The molecule has 0 aliphatic heterocycles. The molecule has 0 aromatic heterocycles. The van der Waals surface area contributed by atoms with Gasteiger partial charge in [-0.05, 0) is 25.0 Å². The Labute approximate surface area is 112 Å². The van der Waals surface area contributed by atoms with Crippen molar-refractivity contribution in [3.63, 3.8) is 0 Å². The summed E-state index contributed by atoms with van der Waals surface area (Å²) in [5.41, 5.74) is 0. The van der Waals surface area contributed by atoms with Gasteiger partial charge < -0.3 is 0 Å². The highest BCUT2D eigenvalue weighted by atomic mass is 32.2.